The van der Waals surface area contributed by atoms with Gasteiger partial charge < -0.3 is 20.1 Å². The Labute approximate surface area is 118 Å². The Bertz CT molecular complexity index is 236. The maximum Gasteiger partial charge on any atom is 0.0610 e. The van der Waals surface area contributed by atoms with Gasteiger partial charge in [-0.15, -0.1) is 0 Å². The van der Waals surface area contributed by atoms with E-state index in [9.17, 15) is 5.11 Å². The second kappa shape index (κ2) is 8.90. The van der Waals surface area contributed by atoms with Gasteiger partial charge in [-0.25, -0.2) is 0 Å². The molecule has 1 saturated heterocycles. The number of likely N-dealkylation sites (tertiary alicyclic amines) is 1. The van der Waals surface area contributed by atoms with Gasteiger partial charge in [0.2, 0.25) is 0 Å². The molecule has 0 aromatic carbocycles. The van der Waals surface area contributed by atoms with Crippen molar-refractivity contribution in [2.24, 2.45) is 5.92 Å². The number of rotatable bonds is 9. The molecule has 1 heterocycles. The van der Waals surface area contributed by atoms with E-state index in [-0.39, 0.29) is 12.1 Å². The van der Waals surface area contributed by atoms with Crippen LogP contribution in [0, 0.1) is 5.92 Å². The van der Waals surface area contributed by atoms with Gasteiger partial charge in [-0.05, 0) is 58.2 Å². The highest BCUT2D eigenvalue weighted by atomic mass is 16.5. The van der Waals surface area contributed by atoms with Crippen LogP contribution in [-0.2, 0) is 4.74 Å². The molecule has 4 heteroatoms. The van der Waals surface area contributed by atoms with Crippen molar-refractivity contribution in [1.82, 2.24) is 10.2 Å². The fraction of sp³-hybridized carbons (Fsp3) is 1.00. The van der Waals surface area contributed by atoms with Crippen LogP contribution in [0.5, 0.6) is 0 Å². The number of ether oxygens (including phenoxy) is 1. The highest BCUT2D eigenvalue weighted by molar-refractivity contribution is 4.82. The molecule has 2 N–H and O–H groups in total. The molecule has 114 valence electrons. The molecule has 0 aromatic rings. The second-order valence-electron chi connectivity index (χ2n) is 6.12. The summed E-state index contributed by atoms with van der Waals surface area (Å²) in [5.41, 5.74) is -0.115. The van der Waals surface area contributed by atoms with Crippen molar-refractivity contribution < 1.29 is 9.84 Å². The number of piperidine rings is 1. The van der Waals surface area contributed by atoms with Crippen molar-refractivity contribution in [2.45, 2.75) is 45.1 Å². The molecular weight excluding hydrogens is 240 g/mol. The van der Waals surface area contributed by atoms with Crippen LogP contribution in [0.15, 0.2) is 0 Å². The molecular formula is C15H32N2O2. The van der Waals surface area contributed by atoms with Crippen molar-refractivity contribution in [3.63, 3.8) is 0 Å². The summed E-state index contributed by atoms with van der Waals surface area (Å²) in [6.45, 7) is 9.75. The standard InChI is InChI=1S/C15H32N2O2/c1-4-16-15(2,13-18)8-6-10-17-9-5-7-14(11-17)12-19-3/h14,16,18H,4-13H2,1-3H3. The number of hydrogen-bond donors (Lipinski definition) is 2. The molecule has 0 amide bonds. The van der Waals surface area contributed by atoms with Crippen molar-refractivity contribution in [2.75, 3.05) is 46.5 Å². The zero-order valence-electron chi connectivity index (χ0n) is 13.0. The van der Waals surface area contributed by atoms with Gasteiger partial charge in [0.05, 0.1) is 13.2 Å². The van der Waals surface area contributed by atoms with Gasteiger partial charge in [-0.2, -0.15) is 0 Å². The maximum absolute atomic E-state index is 9.47. The normalized spacial score (nSPS) is 24.3. The van der Waals surface area contributed by atoms with E-state index in [0.29, 0.717) is 5.92 Å². The Morgan fingerprint density at radius 3 is 2.89 bits per heavy atom. The molecule has 0 radical (unpaired) electrons. The summed E-state index contributed by atoms with van der Waals surface area (Å²) in [7, 11) is 1.79. The molecule has 0 saturated carbocycles. The number of aliphatic hydroxyl groups is 1. The van der Waals surface area contributed by atoms with Gasteiger partial charge in [0.1, 0.15) is 0 Å². The lowest BCUT2D eigenvalue weighted by Gasteiger charge is -2.34. The molecule has 1 aliphatic heterocycles. The first-order valence-electron chi connectivity index (χ1n) is 7.70. The molecule has 0 bridgehead atoms. The molecule has 1 aliphatic rings. The number of nitrogens with zero attached hydrogens (tertiary/aromatic N) is 1. The van der Waals surface area contributed by atoms with Crippen LogP contribution in [0.4, 0.5) is 0 Å². The van der Waals surface area contributed by atoms with E-state index in [0.717, 1.165) is 32.5 Å². The van der Waals surface area contributed by atoms with Crippen molar-refractivity contribution in [3.8, 4) is 0 Å². The number of likely N-dealkylation sites (N-methyl/N-ethyl adjacent to an activating group) is 1. The first-order valence-corrected chi connectivity index (χ1v) is 7.70. The second-order valence-corrected chi connectivity index (χ2v) is 6.12. The van der Waals surface area contributed by atoms with Crippen LogP contribution in [0.25, 0.3) is 0 Å². The van der Waals surface area contributed by atoms with Crippen molar-refractivity contribution >= 4 is 0 Å². The third-order valence-corrected chi connectivity index (χ3v) is 4.16. The molecule has 1 rings (SSSR count). The molecule has 2 atom stereocenters. The summed E-state index contributed by atoms with van der Waals surface area (Å²) >= 11 is 0. The maximum atomic E-state index is 9.47. The number of hydrogen-bond acceptors (Lipinski definition) is 4. The summed E-state index contributed by atoms with van der Waals surface area (Å²) < 4.78 is 5.27. The summed E-state index contributed by atoms with van der Waals surface area (Å²) in [4.78, 5) is 2.55. The van der Waals surface area contributed by atoms with E-state index >= 15 is 0 Å². The Hall–Kier alpha value is -0.160. The van der Waals surface area contributed by atoms with Crippen LogP contribution in [-0.4, -0.2) is 62.0 Å². The van der Waals surface area contributed by atoms with E-state index in [1.165, 1.54) is 25.9 Å². The third-order valence-electron chi connectivity index (χ3n) is 4.16. The fourth-order valence-electron chi connectivity index (χ4n) is 3.07. The molecule has 19 heavy (non-hydrogen) atoms. The molecule has 0 aliphatic carbocycles. The van der Waals surface area contributed by atoms with Gasteiger partial charge in [0.15, 0.2) is 0 Å². The predicted octanol–water partition coefficient (Wildman–Crippen LogP) is 1.49. The Balaban J connectivity index is 2.24. The van der Waals surface area contributed by atoms with E-state index in [1.807, 2.05) is 0 Å². The summed E-state index contributed by atoms with van der Waals surface area (Å²) in [6.07, 6.45) is 4.77. The lowest BCUT2D eigenvalue weighted by Crippen LogP contribution is -2.46. The topological polar surface area (TPSA) is 44.7 Å². The molecule has 0 aromatic heterocycles. The van der Waals surface area contributed by atoms with E-state index in [1.54, 1.807) is 7.11 Å². The minimum Gasteiger partial charge on any atom is -0.394 e. The van der Waals surface area contributed by atoms with Crippen molar-refractivity contribution in [3.05, 3.63) is 0 Å². The lowest BCUT2D eigenvalue weighted by atomic mass is 9.95. The van der Waals surface area contributed by atoms with Crippen molar-refractivity contribution in [1.29, 1.82) is 0 Å². The highest BCUT2D eigenvalue weighted by Crippen LogP contribution is 2.18. The van der Waals surface area contributed by atoms with Crippen LogP contribution in [0.1, 0.15) is 39.5 Å². The zero-order chi connectivity index (χ0) is 14.1. The molecule has 0 spiro atoms. The monoisotopic (exact) mass is 272 g/mol. The van der Waals surface area contributed by atoms with Crippen LogP contribution in [0.2, 0.25) is 0 Å². The van der Waals surface area contributed by atoms with E-state index < -0.39 is 0 Å². The van der Waals surface area contributed by atoms with Gasteiger partial charge in [0, 0.05) is 19.2 Å². The Morgan fingerprint density at radius 2 is 2.26 bits per heavy atom. The lowest BCUT2D eigenvalue weighted by molar-refractivity contribution is 0.0868. The highest BCUT2D eigenvalue weighted by Gasteiger charge is 2.23. The van der Waals surface area contributed by atoms with E-state index in [4.69, 9.17) is 4.74 Å². The number of nitrogens with one attached hydrogen (secondary N) is 1. The smallest absolute Gasteiger partial charge is 0.0610 e. The molecule has 2 unspecified atom stereocenters. The number of methoxy groups -OCH3 is 1. The minimum atomic E-state index is -0.115. The Kier molecular flexibility index (Phi) is 7.91. The summed E-state index contributed by atoms with van der Waals surface area (Å²) in [5.74, 6) is 0.705. The quantitative estimate of drug-likeness (QED) is 0.667. The van der Waals surface area contributed by atoms with E-state index in [2.05, 4.69) is 24.1 Å². The largest absolute Gasteiger partial charge is 0.394 e. The summed E-state index contributed by atoms with van der Waals surface area (Å²) in [6, 6.07) is 0. The SMILES string of the molecule is CCNC(C)(CO)CCCN1CCCC(COC)C1. The summed E-state index contributed by atoms with van der Waals surface area (Å²) in [5, 5.41) is 12.9. The third kappa shape index (κ3) is 6.21. The Morgan fingerprint density at radius 1 is 1.47 bits per heavy atom. The van der Waals surface area contributed by atoms with Gasteiger partial charge in [0.25, 0.3) is 0 Å². The first-order chi connectivity index (χ1) is 9.13. The molecule has 4 nitrogen and oxygen atoms in total. The first kappa shape index (κ1) is 16.9. The van der Waals surface area contributed by atoms with Crippen LogP contribution in [0.3, 0.4) is 0 Å². The van der Waals surface area contributed by atoms with Gasteiger partial charge >= 0.3 is 0 Å². The fourth-order valence-corrected chi connectivity index (χ4v) is 3.07. The average molecular weight is 272 g/mol. The molecule has 1 fully saturated rings. The van der Waals surface area contributed by atoms with Gasteiger partial charge in [-0.1, -0.05) is 6.92 Å². The van der Waals surface area contributed by atoms with Gasteiger partial charge in [-0.3, -0.25) is 0 Å². The predicted molar refractivity (Wildman–Crippen MR) is 79.4 cm³/mol. The average Bonchev–Trinajstić information content (AvgIpc) is 2.40. The number of aliphatic hydroxyl groups excluding tert-OH is 1. The van der Waals surface area contributed by atoms with Crippen LogP contribution < -0.4 is 5.32 Å². The zero-order valence-corrected chi connectivity index (χ0v) is 13.0. The van der Waals surface area contributed by atoms with Crippen LogP contribution >= 0.6 is 0 Å². The minimum absolute atomic E-state index is 0.115.